The van der Waals surface area contributed by atoms with Gasteiger partial charge in [-0.05, 0) is 29.5 Å². The largest absolute Gasteiger partial charge is 0.478 e. The fourth-order valence-corrected chi connectivity index (χ4v) is 1.35. The molecule has 0 aliphatic rings. The SMILES string of the molecule is CC(=CCn1cncc(I)c1=O)C(=O)O. The van der Waals surface area contributed by atoms with Gasteiger partial charge >= 0.3 is 5.97 Å². The maximum Gasteiger partial charge on any atom is 0.331 e. The summed E-state index contributed by atoms with van der Waals surface area (Å²) in [5, 5.41) is 8.61. The van der Waals surface area contributed by atoms with Crippen molar-refractivity contribution in [2.24, 2.45) is 0 Å². The normalized spacial score (nSPS) is 11.5. The van der Waals surface area contributed by atoms with Gasteiger partial charge in [0.15, 0.2) is 0 Å². The summed E-state index contributed by atoms with van der Waals surface area (Å²) in [6, 6.07) is 0. The zero-order valence-corrected chi connectivity index (χ0v) is 10.1. The predicted molar refractivity (Wildman–Crippen MR) is 62.6 cm³/mol. The Labute approximate surface area is 99.6 Å². The van der Waals surface area contributed by atoms with E-state index in [9.17, 15) is 9.59 Å². The molecule has 1 heterocycles. The third-order valence-corrected chi connectivity index (χ3v) is 2.53. The molecule has 0 saturated carbocycles. The maximum absolute atomic E-state index is 11.5. The van der Waals surface area contributed by atoms with E-state index in [-0.39, 0.29) is 17.7 Å². The zero-order valence-electron chi connectivity index (χ0n) is 7.98. The molecule has 0 aliphatic carbocycles. The summed E-state index contributed by atoms with van der Waals surface area (Å²) in [6.07, 6.45) is 4.32. The van der Waals surface area contributed by atoms with E-state index in [0.29, 0.717) is 3.57 Å². The lowest BCUT2D eigenvalue weighted by atomic mass is 10.3. The molecule has 15 heavy (non-hydrogen) atoms. The molecular weight excluding hydrogens is 311 g/mol. The highest BCUT2D eigenvalue weighted by Crippen LogP contribution is 1.96. The number of hydrogen-bond donors (Lipinski definition) is 1. The molecule has 0 bridgehead atoms. The van der Waals surface area contributed by atoms with Gasteiger partial charge in [-0.3, -0.25) is 9.36 Å². The van der Waals surface area contributed by atoms with Crippen LogP contribution in [0.25, 0.3) is 0 Å². The van der Waals surface area contributed by atoms with E-state index >= 15 is 0 Å². The number of carboxylic acid groups (broad SMARTS) is 1. The molecule has 0 unspecified atom stereocenters. The van der Waals surface area contributed by atoms with Gasteiger partial charge in [0, 0.05) is 18.3 Å². The summed E-state index contributed by atoms with van der Waals surface area (Å²) in [7, 11) is 0. The Morgan fingerprint density at radius 3 is 3.00 bits per heavy atom. The van der Waals surface area contributed by atoms with Crippen LogP contribution in [0.2, 0.25) is 0 Å². The van der Waals surface area contributed by atoms with Crippen LogP contribution in [0.5, 0.6) is 0 Å². The molecule has 0 atom stereocenters. The van der Waals surface area contributed by atoms with E-state index in [1.165, 1.54) is 30.1 Å². The van der Waals surface area contributed by atoms with Crippen molar-refractivity contribution in [3.8, 4) is 0 Å². The smallest absolute Gasteiger partial charge is 0.331 e. The van der Waals surface area contributed by atoms with Crippen molar-refractivity contribution in [2.45, 2.75) is 13.5 Å². The van der Waals surface area contributed by atoms with Gasteiger partial charge in [-0.1, -0.05) is 6.08 Å². The fraction of sp³-hybridized carbons (Fsp3) is 0.222. The number of nitrogens with zero attached hydrogens (tertiary/aromatic N) is 2. The highest BCUT2D eigenvalue weighted by Gasteiger charge is 2.01. The summed E-state index contributed by atoms with van der Waals surface area (Å²) in [5.74, 6) is -0.985. The lowest BCUT2D eigenvalue weighted by Crippen LogP contribution is -2.22. The number of aromatic nitrogens is 2. The van der Waals surface area contributed by atoms with Gasteiger partial charge in [-0.15, -0.1) is 0 Å². The van der Waals surface area contributed by atoms with Crippen LogP contribution in [0.4, 0.5) is 0 Å². The van der Waals surface area contributed by atoms with Gasteiger partial charge < -0.3 is 5.11 Å². The van der Waals surface area contributed by atoms with E-state index in [2.05, 4.69) is 4.98 Å². The van der Waals surface area contributed by atoms with Crippen LogP contribution in [-0.4, -0.2) is 20.6 Å². The standard InChI is InChI=1S/C9H9IN2O3/c1-6(9(14)15)2-3-12-5-11-4-7(10)8(12)13/h2,4-5H,3H2,1H3,(H,14,15). The van der Waals surface area contributed by atoms with Gasteiger partial charge in [0.25, 0.3) is 5.56 Å². The van der Waals surface area contributed by atoms with Crippen molar-refractivity contribution in [1.29, 1.82) is 0 Å². The topological polar surface area (TPSA) is 72.2 Å². The molecule has 0 radical (unpaired) electrons. The van der Waals surface area contributed by atoms with Gasteiger partial charge in [-0.25, -0.2) is 9.78 Å². The molecule has 6 heteroatoms. The summed E-state index contributed by atoms with van der Waals surface area (Å²) in [4.78, 5) is 25.8. The van der Waals surface area contributed by atoms with Crippen molar-refractivity contribution in [3.63, 3.8) is 0 Å². The first kappa shape index (κ1) is 11.9. The molecule has 1 rings (SSSR count). The lowest BCUT2D eigenvalue weighted by Gasteiger charge is -2.01. The van der Waals surface area contributed by atoms with Gasteiger partial charge in [0.05, 0.1) is 9.90 Å². The van der Waals surface area contributed by atoms with E-state index in [1.807, 2.05) is 22.6 Å². The number of allylic oxidation sites excluding steroid dienone is 1. The van der Waals surface area contributed by atoms with Gasteiger partial charge in [-0.2, -0.15) is 0 Å². The van der Waals surface area contributed by atoms with Crippen LogP contribution >= 0.6 is 22.6 Å². The van der Waals surface area contributed by atoms with E-state index in [4.69, 9.17) is 5.11 Å². The van der Waals surface area contributed by atoms with Crippen LogP contribution in [0.3, 0.4) is 0 Å². The monoisotopic (exact) mass is 320 g/mol. The average Bonchev–Trinajstić information content (AvgIpc) is 2.19. The number of rotatable bonds is 3. The second-order valence-corrected chi connectivity index (χ2v) is 4.05. The molecule has 1 aromatic heterocycles. The molecule has 0 fully saturated rings. The van der Waals surface area contributed by atoms with Gasteiger partial charge in [0.1, 0.15) is 0 Å². The van der Waals surface area contributed by atoms with Crippen molar-refractivity contribution in [3.05, 3.63) is 38.1 Å². The molecule has 0 aromatic carbocycles. The highest BCUT2D eigenvalue weighted by molar-refractivity contribution is 14.1. The summed E-state index contributed by atoms with van der Waals surface area (Å²) in [6.45, 7) is 1.70. The van der Waals surface area contributed by atoms with E-state index < -0.39 is 5.97 Å². The molecule has 1 aromatic rings. The first-order valence-electron chi connectivity index (χ1n) is 4.12. The average molecular weight is 320 g/mol. The van der Waals surface area contributed by atoms with E-state index in [0.717, 1.165) is 0 Å². The summed E-state index contributed by atoms with van der Waals surface area (Å²) < 4.78 is 1.87. The molecule has 80 valence electrons. The molecule has 0 amide bonds. The second-order valence-electron chi connectivity index (χ2n) is 2.89. The lowest BCUT2D eigenvalue weighted by molar-refractivity contribution is -0.132. The van der Waals surface area contributed by atoms with Gasteiger partial charge in [0.2, 0.25) is 0 Å². The first-order chi connectivity index (χ1) is 7.02. The van der Waals surface area contributed by atoms with Crippen LogP contribution in [0, 0.1) is 3.57 Å². The molecule has 1 N–H and O–H groups in total. The molecule has 0 spiro atoms. The third kappa shape index (κ3) is 3.15. The maximum atomic E-state index is 11.5. The number of halogens is 1. The van der Waals surface area contributed by atoms with Crippen LogP contribution in [0.1, 0.15) is 6.92 Å². The quantitative estimate of drug-likeness (QED) is 0.663. The second kappa shape index (κ2) is 5.06. The molecule has 0 saturated heterocycles. The fourth-order valence-electron chi connectivity index (χ4n) is 0.877. The van der Waals surface area contributed by atoms with Crippen LogP contribution < -0.4 is 5.56 Å². The molecule has 0 aliphatic heterocycles. The Morgan fingerprint density at radius 1 is 1.73 bits per heavy atom. The number of carboxylic acids is 1. The Morgan fingerprint density at radius 2 is 2.40 bits per heavy atom. The van der Waals surface area contributed by atoms with Crippen LogP contribution in [0.15, 0.2) is 29.0 Å². The molecule has 5 nitrogen and oxygen atoms in total. The number of aliphatic carboxylic acids is 1. The minimum absolute atomic E-state index is 0.167. The Kier molecular flexibility index (Phi) is 4.01. The Hall–Kier alpha value is -1.18. The van der Waals surface area contributed by atoms with Crippen molar-refractivity contribution in [2.75, 3.05) is 0 Å². The Balaban J connectivity index is 2.92. The minimum Gasteiger partial charge on any atom is -0.478 e. The van der Waals surface area contributed by atoms with Crippen molar-refractivity contribution in [1.82, 2.24) is 9.55 Å². The predicted octanol–water partition coefficient (Wildman–Crippen LogP) is 0.879. The third-order valence-electron chi connectivity index (χ3n) is 1.79. The van der Waals surface area contributed by atoms with Crippen molar-refractivity contribution >= 4 is 28.6 Å². The first-order valence-corrected chi connectivity index (χ1v) is 5.20. The molecular formula is C9H9IN2O3. The van der Waals surface area contributed by atoms with Crippen LogP contribution in [-0.2, 0) is 11.3 Å². The highest BCUT2D eigenvalue weighted by atomic mass is 127. The van der Waals surface area contributed by atoms with Crippen molar-refractivity contribution < 1.29 is 9.90 Å². The number of carbonyl (C=O) groups is 1. The van der Waals surface area contributed by atoms with E-state index in [1.54, 1.807) is 0 Å². The summed E-state index contributed by atoms with van der Waals surface area (Å²) >= 11 is 1.89. The minimum atomic E-state index is -0.985. The summed E-state index contributed by atoms with van der Waals surface area (Å²) in [5.41, 5.74) is 0.0424. The Bertz CT molecular complexity index is 465. The number of hydrogen-bond acceptors (Lipinski definition) is 3. The zero-order chi connectivity index (χ0) is 11.4.